The third-order valence-corrected chi connectivity index (χ3v) is 1.42. The van der Waals surface area contributed by atoms with Crippen LogP contribution in [0, 0.1) is 12.3 Å². The molecule has 0 aromatic rings. The van der Waals surface area contributed by atoms with Crippen molar-refractivity contribution in [2.45, 2.75) is 6.04 Å². The Kier molecular flexibility index (Phi) is 6.68. The molecule has 0 aliphatic rings. The Morgan fingerprint density at radius 1 is 1.67 bits per heavy atom. The molecule has 0 rings (SSSR count). The second kappa shape index (κ2) is 7.59. The first-order valence-corrected chi connectivity index (χ1v) is 4.19. The van der Waals surface area contributed by atoms with E-state index in [1.807, 2.05) is 0 Å². The molecule has 0 aliphatic carbocycles. The Bertz CT molecular complexity index is 280. The molecule has 0 saturated heterocycles. The molecule has 5 heteroatoms. The van der Waals surface area contributed by atoms with Gasteiger partial charge in [-0.3, -0.25) is 10.1 Å². The number of hydrogen-bond acceptors (Lipinski definition) is 5. The van der Waals surface area contributed by atoms with Crippen molar-refractivity contribution >= 4 is 11.9 Å². The van der Waals surface area contributed by atoms with Crippen molar-refractivity contribution in [1.29, 1.82) is 0 Å². The summed E-state index contributed by atoms with van der Waals surface area (Å²) in [4.78, 5) is 22.0. The number of carbonyl (C=O) groups excluding carboxylic acids is 2. The van der Waals surface area contributed by atoms with Gasteiger partial charge in [0.15, 0.2) is 6.04 Å². The molecule has 5 nitrogen and oxygen atoms in total. The lowest BCUT2D eigenvalue weighted by molar-refractivity contribution is -0.144. The van der Waals surface area contributed by atoms with Crippen LogP contribution in [0.4, 0.5) is 0 Å². The SMILES string of the molecule is C#CC(NCC(=O)OC)C(=O)OCC=C. The molecule has 0 saturated carbocycles. The molecule has 0 aliphatic heterocycles. The Hall–Kier alpha value is -1.80. The second-order valence-corrected chi connectivity index (χ2v) is 2.48. The number of rotatable bonds is 6. The summed E-state index contributed by atoms with van der Waals surface area (Å²) in [6.07, 6.45) is 6.50. The summed E-state index contributed by atoms with van der Waals surface area (Å²) < 4.78 is 9.06. The van der Waals surface area contributed by atoms with Gasteiger partial charge >= 0.3 is 11.9 Å². The Morgan fingerprint density at radius 2 is 2.33 bits per heavy atom. The summed E-state index contributed by atoms with van der Waals surface area (Å²) in [6.45, 7) is 3.32. The van der Waals surface area contributed by atoms with Gasteiger partial charge < -0.3 is 9.47 Å². The zero-order chi connectivity index (χ0) is 11.7. The normalized spacial score (nSPS) is 10.9. The smallest absolute Gasteiger partial charge is 0.336 e. The summed E-state index contributed by atoms with van der Waals surface area (Å²) in [5.41, 5.74) is 0. The molecule has 0 fully saturated rings. The van der Waals surface area contributed by atoms with E-state index in [4.69, 9.17) is 11.2 Å². The van der Waals surface area contributed by atoms with Crippen LogP contribution in [0.1, 0.15) is 0 Å². The average molecular weight is 211 g/mol. The number of carbonyl (C=O) groups is 2. The predicted molar refractivity (Wildman–Crippen MR) is 53.8 cm³/mol. The zero-order valence-corrected chi connectivity index (χ0v) is 8.49. The maximum Gasteiger partial charge on any atom is 0.336 e. The van der Waals surface area contributed by atoms with Gasteiger partial charge in [-0.25, -0.2) is 4.79 Å². The Labute approximate surface area is 88.4 Å². The van der Waals surface area contributed by atoms with Crippen LogP contribution in [0.15, 0.2) is 12.7 Å². The molecule has 0 aromatic carbocycles. The van der Waals surface area contributed by atoms with Crippen molar-refractivity contribution < 1.29 is 19.1 Å². The van der Waals surface area contributed by atoms with Gasteiger partial charge in [0.2, 0.25) is 0 Å². The van der Waals surface area contributed by atoms with E-state index in [2.05, 4.69) is 22.6 Å². The fourth-order valence-corrected chi connectivity index (χ4v) is 0.692. The third-order valence-electron chi connectivity index (χ3n) is 1.42. The van der Waals surface area contributed by atoms with Gasteiger partial charge in [-0.2, -0.15) is 0 Å². The topological polar surface area (TPSA) is 64.6 Å². The first-order valence-electron chi connectivity index (χ1n) is 4.19. The molecule has 82 valence electrons. The highest BCUT2D eigenvalue weighted by molar-refractivity contribution is 5.80. The molecule has 0 amide bonds. The number of esters is 2. The molecule has 15 heavy (non-hydrogen) atoms. The third kappa shape index (κ3) is 5.49. The molecule has 0 bridgehead atoms. The molecule has 0 heterocycles. The highest BCUT2D eigenvalue weighted by Crippen LogP contribution is 1.88. The Balaban J connectivity index is 4.02. The molecular weight excluding hydrogens is 198 g/mol. The summed E-state index contributed by atoms with van der Waals surface area (Å²) in [5, 5.41) is 2.51. The minimum absolute atomic E-state index is 0.0803. The summed E-state index contributed by atoms with van der Waals surface area (Å²) in [6, 6.07) is -0.955. The Morgan fingerprint density at radius 3 is 2.80 bits per heavy atom. The van der Waals surface area contributed by atoms with Crippen molar-refractivity contribution in [2.75, 3.05) is 20.3 Å². The average Bonchev–Trinajstić information content (AvgIpc) is 2.26. The van der Waals surface area contributed by atoms with E-state index in [0.29, 0.717) is 0 Å². The van der Waals surface area contributed by atoms with Gasteiger partial charge in [0.05, 0.1) is 13.7 Å². The number of methoxy groups -OCH3 is 1. The quantitative estimate of drug-likeness (QED) is 0.364. The van der Waals surface area contributed by atoms with Crippen molar-refractivity contribution in [3.63, 3.8) is 0 Å². The van der Waals surface area contributed by atoms with Crippen LogP contribution in [-0.4, -0.2) is 38.2 Å². The molecule has 1 N–H and O–H groups in total. The number of nitrogens with one attached hydrogen (secondary N) is 1. The first-order chi connectivity index (χ1) is 7.15. The van der Waals surface area contributed by atoms with Crippen LogP contribution in [-0.2, 0) is 19.1 Å². The minimum atomic E-state index is -0.955. The van der Waals surface area contributed by atoms with Gasteiger partial charge in [-0.1, -0.05) is 18.6 Å². The second-order valence-electron chi connectivity index (χ2n) is 2.48. The molecule has 0 spiro atoms. The van der Waals surface area contributed by atoms with Crippen molar-refractivity contribution in [3.05, 3.63) is 12.7 Å². The number of terminal acetylenes is 1. The number of ether oxygens (including phenoxy) is 2. The van der Waals surface area contributed by atoms with Crippen molar-refractivity contribution in [3.8, 4) is 12.3 Å². The highest BCUT2D eigenvalue weighted by Gasteiger charge is 2.17. The summed E-state index contributed by atoms with van der Waals surface area (Å²) >= 11 is 0. The fourth-order valence-electron chi connectivity index (χ4n) is 0.692. The minimum Gasteiger partial charge on any atom is -0.468 e. The van der Waals surface area contributed by atoms with E-state index in [1.54, 1.807) is 0 Å². The lowest BCUT2D eigenvalue weighted by Gasteiger charge is -2.10. The first kappa shape index (κ1) is 13.2. The van der Waals surface area contributed by atoms with E-state index >= 15 is 0 Å². The van der Waals surface area contributed by atoms with E-state index in [-0.39, 0.29) is 13.2 Å². The van der Waals surface area contributed by atoms with Crippen LogP contribution < -0.4 is 5.32 Å². The zero-order valence-electron chi connectivity index (χ0n) is 8.49. The lowest BCUT2D eigenvalue weighted by atomic mass is 10.3. The molecule has 1 atom stereocenters. The van der Waals surface area contributed by atoms with Gasteiger partial charge in [0, 0.05) is 0 Å². The van der Waals surface area contributed by atoms with Gasteiger partial charge in [-0.15, -0.1) is 6.42 Å². The molecule has 0 aromatic heterocycles. The van der Waals surface area contributed by atoms with Gasteiger partial charge in [0.1, 0.15) is 6.61 Å². The highest BCUT2D eigenvalue weighted by atomic mass is 16.5. The molecule has 1 unspecified atom stereocenters. The maximum atomic E-state index is 11.2. The van der Waals surface area contributed by atoms with Crippen LogP contribution in [0.2, 0.25) is 0 Å². The number of hydrogen-bond donors (Lipinski definition) is 1. The fraction of sp³-hybridized carbons (Fsp3) is 0.400. The van der Waals surface area contributed by atoms with E-state index in [1.165, 1.54) is 13.2 Å². The predicted octanol–water partition coefficient (Wildman–Crippen LogP) is -0.520. The van der Waals surface area contributed by atoms with Gasteiger partial charge in [0.25, 0.3) is 0 Å². The summed E-state index contributed by atoms with van der Waals surface area (Å²) in [7, 11) is 1.24. The monoisotopic (exact) mass is 211 g/mol. The van der Waals surface area contributed by atoms with Crippen LogP contribution in [0.25, 0.3) is 0 Å². The van der Waals surface area contributed by atoms with Crippen molar-refractivity contribution in [2.24, 2.45) is 0 Å². The molecular formula is C10H13NO4. The maximum absolute atomic E-state index is 11.2. The van der Waals surface area contributed by atoms with E-state index in [0.717, 1.165) is 0 Å². The van der Waals surface area contributed by atoms with Crippen LogP contribution in [0.5, 0.6) is 0 Å². The summed E-state index contributed by atoms with van der Waals surface area (Å²) in [5.74, 6) is 1.03. The van der Waals surface area contributed by atoms with Gasteiger partial charge in [-0.05, 0) is 0 Å². The van der Waals surface area contributed by atoms with Crippen LogP contribution >= 0.6 is 0 Å². The lowest BCUT2D eigenvalue weighted by Crippen LogP contribution is -2.40. The largest absolute Gasteiger partial charge is 0.468 e. The van der Waals surface area contributed by atoms with Crippen LogP contribution in [0.3, 0.4) is 0 Å². The van der Waals surface area contributed by atoms with Crippen molar-refractivity contribution in [1.82, 2.24) is 5.32 Å². The van der Waals surface area contributed by atoms with E-state index < -0.39 is 18.0 Å². The molecule has 0 radical (unpaired) electrons. The van der Waals surface area contributed by atoms with E-state index in [9.17, 15) is 9.59 Å². The standard InChI is InChI=1S/C10H13NO4/c1-4-6-15-10(13)8(5-2)11-7-9(12)14-3/h2,4,8,11H,1,6-7H2,3H3.